The average Bonchev–Trinajstić information content (AvgIpc) is 2.62. The number of hydrogen-bond donors (Lipinski definition) is 2. The summed E-state index contributed by atoms with van der Waals surface area (Å²) in [5.41, 5.74) is -1.30. The molecule has 0 aliphatic heterocycles. The van der Waals surface area contributed by atoms with Gasteiger partial charge in [0.1, 0.15) is 16.9 Å². The minimum absolute atomic E-state index is 0.103. The van der Waals surface area contributed by atoms with Crippen molar-refractivity contribution in [2.75, 3.05) is 32.2 Å². The second-order valence-corrected chi connectivity index (χ2v) is 5.54. The fraction of sp³-hybridized carbons (Fsp3) is 0.375. The van der Waals surface area contributed by atoms with Crippen molar-refractivity contribution in [1.29, 1.82) is 0 Å². The van der Waals surface area contributed by atoms with Crippen LogP contribution in [-0.2, 0) is 9.47 Å². The Morgan fingerprint density at radius 2 is 1.68 bits per heavy atom. The molecule has 2 N–H and O–H groups in total. The van der Waals surface area contributed by atoms with Gasteiger partial charge in [-0.05, 0) is 25.4 Å². The molecule has 0 radical (unpaired) electrons. The van der Waals surface area contributed by atoms with Gasteiger partial charge >= 0.3 is 17.6 Å². The number of H-pyrrole nitrogens is 2. The van der Waals surface area contributed by atoms with Gasteiger partial charge in [0.15, 0.2) is 0 Å². The van der Waals surface area contributed by atoms with Crippen molar-refractivity contribution in [3.05, 3.63) is 49.6 Å². The lowest BCUT2D eigenvalue weighted by Gasteiger charge is -2.14. The lowest BCUT2D eigenvalue weighted by atomic mass is 10.3. The number of nitrogens with one attached hydrogen (secondary N) is 2. The molecule has 0 unspecified atom stereocenters. The van der Waals surface area contributed by atoms with E-state index >= 15 is 0 Å². The Morgan fingerprint density at radius 3 is 2.18 bits per heavy atom. The van der Waals surface area contributed by atoms with Gasteiger partial charge in [-0.25, -0.2) is 19.4 Å². The van der Waals surface area contributed by atoms with Gasteiger partial charge in [0.2, 0.25) is 5.28 Å². The molecule has 2 aromatic heterocycles. The molecule has 2 heterocycles. The molecule has 2 aromatic rings. The third kappa shape index (κ3) is 6.50. The van der Waals surface area contributed by atoms with Gasteiger partial charge in [0.05, 0.1) is 13.2 Å². The van der Waals surface area contributed by atoms with Crippen molar-refractivity contribution in [2.45, 2.75) is 13.8 Å². The number of halogens is 1. The highest BCUT2D eigenvalue weighted by atomic mass is 35.5. The van der Waals surface area contributed by atoms with Crippen LogP contribution in [0.2, 0.25) is 5.28 Å². The summed E-state index contributed by atoms with van der Waals surface area (Å²) >= 11 is 5.64. The molecule has 152 valence electrons. The van der Waals surface area contributed by atoms with Crippen LogP contribution in [-0.4, -0.2) is 59.2 Å². The van der Waals surface area contributed by atoms with Gasteiger partial charge in [-0.15, -0.1) is 0 Å². The lowest BCUT2D eigenvalue weighted by molar-refractivity contribution is 0.0515. The number of anilines is 1. The number of nitrogens with zero attached hydrogens (tertiary/aromatic N) is 3. The number of aromatic nitrogens is 4. The zero-order valence-electron chi connectivity index (χ0n) is 15.7. The topological polar surface area (TPSA) is 147 Å². The van der Waals surface area contributed by atoms with E-state index in [0.717, 1.165) is 6.20 Å². The summed E-state index contributed by atoms with van der Waals surface area (Å²) in [6, 6.07) is 0. The van der Waals surface area contributed by atoms with E-state index in [2.05, 4.69) is 19.7 Å². The summed E-state index contributed by atoms with van der Waals surface area (Å²) in [5, 5.41) is 0.103. The predicted molar refractivity (Wildman–Crippen MR) is 101 cm³/mol. The Kier molecular flexibility index (Phi) is 8.82. The molecule has 0 bridgehead atoms. The Balaban J connectivity index is 0.000000283. The quantitative estimate of drug-likeness (QED) is 0.531. The van der Waals surface area contributed by atoms with Crippen molar-refractivity contribution in [3.8, 4) is 0 Å². The van der Waals surface area contributed by atoms with Crippen molar-refractivity contribution >= 4 is 29.4 Å². The fourth-order valence-corrected chi connectivity index (χ4v) is 1.94. The molecule has 2 rings (SSSR count). The van der Waals surface area contributed by atoms with Crippen LogP contribution in [0.3, 0.4) is 0 Å². The van der Waals surface area contributed by atoms with Crippen LogP contribution in [0.25, 0.3) is 0 Å². The SMILES string of the molecule is CCOC(=O)c1c[nH]c(=O)[nH]c1=O.CCOC(=O)c1cnc(Cl)nc1N(C)C. The van der Waals surface area contributed by atoms with Crippen LogP contribution in [0.1, 0.15) is 34.6 Å². The second-order valence-electron chi connectivity index (χ2n) is 5.20. The van der Waals surface area contributed by atoms with Gasteiger partial charge in [-0.3, -0.25) is 9.78 Å². The molecular formula is C16H20ClN5O6. The number of carbonyl (C=O) groups is 2. The van der Waals surface area contributed by atoms with Gasteiger partial charge in [0.25, 0.3) is 5.56 Å². The smallest absolute Gasteiger partial charge is 0.345 e. The summed E-state index contributed by atoms with van der Waals surface area (Å²) in [6.45, 7) is 3.85. The molecule has 0 saturated carbocycles. The van der Waals surface area contributed by atoms with E-state index in [1.54, 1.807) is 32.8 Å². The summed E-state index contributed by atoms with van der Waals surface area (Å²) in [4.78, 5) is 57.5. The molecule has 0 aromatic carbocycles. The van der Waals surface area contributed by atoms with E-state index in [1.807, 2.05) is 4.98 Å². The molecule has 0 atom stereocenters. The summed E-state index contributed by atoms with van der Waals surface area (Å²) in [5.74, 6) is -0.744. The number of esters is 2. The second kappa shape index (κ2) is 10.8. The molecule has 28 heavy (non-hydrogen) atoms. The first-order chi connectivity index (χ1) is 13.2. The van der Waals surface area contributed by atoms with Crippen molar-refractivity contribution < 1.29 is 19.1 Å². The molecule has 0 aliphatic carbocycles. The van der Waals surface area contributed by atoms with Crippen molar-refractivity contribution in [1.82, 2.24) is 19.9 Å². The van der Waals surface area contributed by atoms with Gasteiger partial charge < -0.3 is 19.4 Å². The molecule has 0 spiro atoms. The first-order valence-electron chi connectivity index (χ1n) is 8.07. The molecule has 12 heteroatoms. The standard InChI is InChI=1S/C9H12ClN3O2.C7H8N2O4/c1-4-15-8(14)6-5-11-9(10)12-7(6)13(2)3;1-2-13-6(11)4-3-8-7(12)9-5(4)10/h5H,4H2,1-3H3;3H,2H2,1H3,(H2,8,9,10,12). The zero-order chi connectivity index (χ0) is 21.3. The Morgan fingerprint density at radius 1 is 1.11 bits per heavy atom. The van der Waals surface area contributed by atoms with E-state index < -0.39 is 23.2 Å². The minimum atomic E-state index is -0.750. The summed E-state index contributed by atoms with van der Waals surface area (Å²) in [7, 11) is 3.53. The third-order valence-corrected chi connectivity index (χ3v) is 3.15. The van der Waals surface area contributed by atoms with Gasteiger partial charge in [-0.1, -0.05) is 0 Å². The van der Waals surface area contributed by atoms with Crippen LogP contribution in [0.5, 0.6) is 0 Å². The van der Waals surface area contributed by atoms with Crippen LogP contribution in [0.4, 0.5) is 5.82 Å². The molecule has 0 aliphatic rings. The fourth-order valence-electron chi connectivity index (χ4n) is 1.82. The highest BCUT2D eigenvalue weighted by Gasteiger charge is 2.16. The largest absolute Gasteiger partial charge is 0.462 e. The first-order valence-corrected chi connectivity index (χ1v) is 8.45. The van der Waals surface area contributed by atoms with Gasteiger partial charge in [0, 0.05) is 26.5 Å². The minimum Gasteiger partial charge on any atom is -0.462 e. The highest BCUT2D eigenvalue weighted by molar-refractivity contribution is 6.28. The molecule has 0 fully saturated rings. The van der Waals surface area contributed by atoms with Crippen molar-refractivity contribution in [2.24, 2.45) is 0 Å². The predicted octanol–water partition coefficient (Wildman–Crippen LogP) is 0.613. The maximum atomic E-state index is 11.5. The zero-order valence-corrected chi connectivity index (χ0v) is 16.5. The average molecular weight is 414 g/mol. The number of rotatable bonds is 5. The molecular weight excluding hydrogens is 394 g/mol. The maximum Gasteiger partial charge on any atom is 0.345 e. The molecule has 0 saturated heterocycles. The highest BCUT2D eigenvalue weighted by Crippen LogP contribution is 2.17. The van der Waals surface area contributed by atoms with Crippen LogP contribution >= 0.6 is 11.6 Å². The third-order valence-electron chi connectivity index (χ3n) is 2.97. The van der Waals surface area contributed by atoms with Crippen LogP contribution < -0.4 is 16.1 Å². The van der Waals surface area contributed by atoms with Gasteiger partial charge in [-0.2, -0.15) is 4.98 Å². The monoisotopic (exact) mass is 413 g/mol. The van der Waals surface area contributed by atoms with E-state index in [4.69, 9.17) is 16.3 Å². The normalized spacial score (nSPS) is 9.75. The van der Waals surface area contributed by atoms with Crippen LogP contribution in [0, 0.1) is 0 Å². The Bertz CT molecular complexity index is 940. The number of aromatic amines is 2. The summed E-state index contributed by atoms with van der Waals surface area (Å²) < 4.78 is 9.44. The Labute approximate surface area is 164 Å². The summed E-state index contributed by atoms with van der Waals surface area (Å²) in [6.07, 6.45) is 2.39. The first kappa shape index (κ1) is 22.8. The maximum absolute atomic E-state index is 11.5. The molecule has 0 amide bonds. The number of ether oxygens (including phenoxy) is 2. The van der Waals surface area contributed by atoms with E-state index in [-0.39, 0.29) is 17.5 Å². The van der Waals surface area contributed by atoms with Crippen molar-refractivity contribution in [3.63, 3.8) is 0 Å². The number of hydrogen-bond acceptors (Lipinski definition) is 9. The van der Waals surface area contributed by atoms with E-state index in [9.17, 15) is 19.2 Å². The lowest BCUT2D eigenvalue weighted by Crippen LogP contribution is -2.27. The Hall–Kier alpha value is -3.21. The number of carbonyl (C=O) groups excluding carboxylic acids is 2. The molecule has 11 nitrogen and oxygen atoms in total. The van der Waals surface area contributed by atoms with E-state index in [0.29, 0.717) is 18.0 Å². The van der Waals surface area contributed by atoms with Crippen LogP contribution in [0.15, 0.2) is 22.0 Å². The van der Waals surface area contributed by atoms with E-state index in [1.165, 1.54) is 6.20 Å².